The minimum absolute atomic E-state index is 0.0278. The second-order valence-corrected chi connectivity index (χ2v) is 5.39. The summed E-state index contributed by atoms with van der Waals surface area (Å²) in [6.45, 7) is 0. The fourth-order valence-corrected chi connectivity index (χ4v) is 2.78. The molecule has 0 fully saturated rings. The first-order valence-electron chi connectivity index (χ1n) is 7.02. The third kappa shape index (κ3) is 2.28. The van der Waals surface area contributed by atoms with Gasteiger partial charge in [0.05, 0.1) is 5.56 Å². The lowest BCUT2D eigenvalue weighted by molar-refractivity contribution is 0.603. The van der Waals surface area contributed by atoms with Gasteiger partial charge in [0.2, 0.25) is 10.9 Å². The average molecular weight is 342 g/mol. The molecule has 5 nitrogen and oxygen atoms in total. The normalized spacial score (nSPS) is 11.1. The van der Waals surface area contributed by atoms with Gasteiger partial charge in [-0.3, -0.25) is 4.79 Å². The third-order valence-corrected chi connectivity index (χ3v) is 3.86. The maximum atomic E-state index is 13.2. The van der Waals surface area contributed by atoms with Gasteiger partial charge in [-0.1, -0.05) is 18.2 Å². The van der Waals surface area contributed by atoms with Crippen LogP contribution >= 0.6 is 11.6 Å². The van der Waals surface area contributed by atoms with Crippen LogP contribution in [0.4, 0.5) is 4.39 Å². The first-order valence-corrected chi connectivity index (χ1v) is 7.40. The van der Waals surface area contributed by atoms with E-state index < -0.39 is 0 Å². The number of furan rings is 1. The Hall–Kier alpha value is -2.99. The zero-order valence-corrected chi connectivity index (χ0v) is 12.9. The second-order valence-electron chi connectivity index (χ2n) is 5.05. The number of hydrogen-bond acceptors (Lipinski definition) is 4. The van der Waals surface area contributed by atoms with Crippen LogP contribution in [0.15, 0.2) is 64.2 Å². The number of fused-ring (bicyclic) bond motifs is 1. The van der Waals surface area contributed by atoms with Crippen molar-refractivity contribution in [2.75, 3.05) is 0 Å². The van der Waals surface area contributed by atoms with Crippen LogP contribution in [0.5, 0.6) is 0 Å². The van der Waals surface area contributed by atoms with E-state index in [9.17, 15) is 9.18 Å². The van der Waals surface area contributed by atoms with Gasteiger partial charge in [-0.15, -0.1) is 0 Å². The van der Waals surface area contributed by atoms with Crippen LogP contribution in [0.25, 0.3) is 28.0 Å². The number of benzene rings is 1. The Labute approximate surface area is 140 Å². The molecule has 0 spiro atoms. The van der Waals surface area contributed by atoms with Crippen molar-refractivity contribution in [3.63, 3.8) is 0 Å². The van der Waals surface area contributed by atoms with E-state index in [2.05, 4.69) is 9.97 Å². The van der Waals surface area contributed by atoms with Crippen molar-refractivity contribution in [2.45, 2.75) is 0 Å². The number of pyridine rings is 1. The van der Waals surface area contributed by atoms with Crippen molar-refractivity contribution >= 4 is 22.7 Å². The van der Waals surface area contributed by atoms with Gasteiger partial charge in [-0.2, -0.15) is 0 Å². The van der Waals surface area contributed by atoms with Crippen molar-refractivity contribution in [1.82, 2.24) is 14.5 Å². The number of halogens is 2. The van der Waals surface area contributed by atoms with Gasteiger partial charge in [0, 0.05) is 6.20 Å². The molecule has 3 aromatic heterocycles. The maximum Gasteiger partial charge on any atom is 0.271 e. The number of aromatic nitrogens is 3. The summed E-state index contributed by atoms with van der Waals surface area (Å²) in [7, 11) is 0. The summed E-state index contributed by atoms with van der Waals surface area (Å²) in [5.74, 6) is 0.0472. The molecule has 0 unspecified atom stereocenters. The molecule has 0 saturated carbocycles. The summed E-state index contributed by atoms with van der Waals surface area (Å²) in [4.78, 5) is 21.2. The van der Waals surface area contributed by atoms with E-state index in [0.29, 0.717) is 16.9 Å². The molecule has 0 aliphatic carbocycles. The zero-order valence-electron chi connectivity index (χ0n) is 12.1. The molecule has 0 N–H and O–H groups in total. The SMILES string of the molecule is O=c1c2c(-c3ccc(F)cc3)c(Cl)oc2ncn1-c1ccccn1. The van der Waals surface area contributed by atoms with Crippen molar-refractivity contribution < 1.29 is 8.81 Å². The largest absolute Gasteiger partial charge is 0.425 e. The van der Waals surface area contributed by atoms with Gasteiger partial charge < -0.3 is 4.42 Å². The highest BCUT2D eigenvalue weighted by atomic mass is 35.5. The smallest absolute Gasteiger partial charge is 0.271 e. The summed E-state index contributed by atoms with van der Waals surface area (Å²) in [5, 5.41) is 0.250. The standard InChI is InChI=1S/C17H9ClFN3O2/c18-15-13(10-4-6-11(19)7-5-10)14-16(24-15)21-9-22(17(14)23)12-3-1-2-8-20-12/h1-9H. The summed E-state index contributed by atoms with van der Waals surface area (Å²) in [6, 6.07) is 10.8. The molecule has 0 amide bonds. The molecule has 0 saturated heterocycles. The zero-order chi connectivity index (χ0) is 16.7. The lowest BCUT2D eigenvalue weighted by Crippen LogP contribution is -2.19. The molecular formula is C17H9ClFN3O2. The Morgan fingerprint density at radius 2 is 1.88 bits per heavy atom. The van der Waals surface area contributed by atoms with Crippen LogP contribution in [0.2, 0.25) is 5.22 Å². The Morgan fingerprint density at radius 3 is 2.58 bits per heavy atom. The first-order chi connectivity index (χ1) is 11.6. The summed E-state index contributed by atoms with van der Waals surface area (Å²) in [5.41, 5.74) is 0.706. The van der Waals surface area contributed by atoms with Crippen LogP contribution < -0.4 is 5.56 Å². The fraction of sp³-hybridized carbons (Fsp3) is 0. The van der Waals surface area contributed by atoms with Crippen LogP contribution in [0, 0.1) is 5.82 Å². The van der Waals surface area contributed by atoms with E-state index in [-0.39, 0.29) is 27.7 Å². The quantitative estimate of drug-likeness (QED) is 0.556. The summed E-state index contributed by atoms with van der Waals surface area (Å²) in [6.07, 6.45) is 2.91. The maximum absolute atomic E-state index is 13.2. The van der Waals surface area contributed by atoms with Crippen molar-refractivity contribution in [3.05, 3.63) is 76.4 Å². The molecule has 0 aliphatic rings. The predicted molar refractivity (Wildman–Crippen MR) is 87.8 cm³/mol. The average Bonchev–Trinajstić information content (AvgIpc) is 2.94. The number of hydrogen-bond donors (Lipinski definition) is 0. The molecule has 0 atom stereocenters. The van der Waals surface area contributed by atoms with E-state index >= 15 is 0 Å². The van der Waals surface area contributed by atoms with Crippen LogP contribution in [-0.2, 0) is 0 Å². The van der Waals surface area contributed by atoms with Crippen molar-refractivity contribution in [2.24, 2.45) is 0 Å². The van der Waals surface area contributed by atoms with Crippen LogP contribution in [-0.4, -0.2) is 14.5 Å². The highest BCUT2D eigenvalue weighted by molar-refractivity contribution is 6.33. The minimum atomic E-state index is -0.383. The Bertz CT molecular complexity index is 1090. The molecule has 24 heavy (non-hydrogen) atoms. The molecular weight excluding hydrogens is 333 g/mol. The van der Waals surface area contributed by atoms with Crippen molar-refractivity contribution in [1.29, 1.82) is 0 Å². The molecule has 118 valence electrons. The monoisotopic (exact) mass is 341 g/mol. The summed E-state index contributed by atoms with van der Waals surface area (Å²) >= 11 is 6.15. The van der Waals surface area contributed by atoms with Gasteiger partial charge in [0.1, 0.15) is 23.3 Å². The molecule has 4 rings (SSSR count). The molecule has 0 aliphatic heterocycles. The highest BCUT2D eigenvalue weighted by Gasteiger charge is 2.20. The fourth-order valence-electron chi connectivity index (χ4n) is 2.50. The number of nitrogens with zero attached hydrogens (tertiary/aromatic N) is 3. The van der Waals surface area contributed by atoms with Gasteiger partial charge in [0.25, 0.3) is 5.56 Å². The molecule has 4 aromatic rings. The lowest BCUT2D eigenvalue weighted by atomic mass is 10.1. The van der Waals surface area contributed by atoms with Gasteiger partial charge >= 0.3 is 0 Å². The molecule has 0 radical (unpaired) electrons. The van der Waals surface area contributed by atoms with E-state index in [4.69, 9.17) is 16.0 Å². The highest BCUT2D eigenvalue weighted by Crippen LogP contribution is 2.35. The number of rotatable bonds is 2. The van der Waals surface area contributed by atoms with E-state index in [1.54, 1.807) is 24.4 Å². The summed E-state index contributed by atoms with van der Waals surface area (Å²) < 4.78 is 19.9. The molecule has 0 bridgehead atoms. The van der Waals surface area contributed by atoms with Crippen molar-refractivity contribution in [3.8, 4) is 16.9 Å². The third-order valence-electron chi connectivity index (χ3n) is 3.60. The van der Waals surface area contributed by atoms with E-state index in [0.717, 1.165) is 0 Å². The van der Waals surface area contributed by atoms with E-state index in [1.807, 2.05) is 0 Å². The molecule has 7 heteroatoms. The molecule has 3 heterocycles. The van der Waals surface area contributed by atoms with Crippen LogP contribution in [0.3, 0.4) is 0 Å². The van der Waals surface area contributed by atoms with Gasteiger partial charge in [-0.25, -0.2) is 18.9 Å². The Kier molecular flexibility index (Phi) is 3.39. The first kappa shape index (κ1) is 14.6. The predicted octanol–water partition coefficient (Wildman–Crippen LogP) is 3.83. The lowest BCUT2D eigenvalue weighted by Gasteiger charge is -2.04. The molecule has 1 aromatic carbocycles. The second kappa shape index (κ2) is 5.58. The van der Waals surface area contributed by atoms with Gasteiger partial charge in [0.15, 0.2) is 0 Å². The van der Waals surface area contributed by atoms with Gasteiger partial charge in [-0.05, 0) is 41.4 Å². The minimum Gasteiger partial charge on any atom is -0.425 e. The Morgan fingerprint density at radius 1 is 1.08 bits per heavy atom. The van der Waals surface area contributed by atoms with Crippen LogP contribution in [0.1, 0.15) is 0 Å². The Balaban J connectivity index is 2.03. The topological polar surface area (TPSA) is 60.9 Å². The van der Waals surface area contributed by atoms with E-state index in [1.165, 1.54) is 35.2 Å².